The maximum Gasteiger partial charge on any atom is 0.303 e. The summed E-state index contributed by atoms with van der Waals surface area (Å²) in [5.41, 5.74) is 2.46. The van der Waals surface area contributed by atoms with E-state index in [1.807, 2.05) is 12.2 Å². The summed E-state index contributed by atoms with van der Waals surface area (Å²) in [5, 5.41) is 41.6. The molecule has 4 N–H and O–H groups in total. The fourth-order valence-electron chi connectivity index (χ4n) is 6.88. The van der Waals surface area contributed by atoms with Gasteiger partial charge in [0.2, 0.25) is 0 Å². The average molecular weight is 403 g/mol. The molecule has 0 radical (unpaired) electrons. The van der Waals surface area contributed by atoms with Crippen molar-refractivity contribution in [3.05, 3.63) is 34.9 Å². The van der Waals surface area contributed by atoms with Crippen LogP contribution in [0.15, 0.2) is 34.9 Å². The van der Waals surface area contributed by atoms with Gasteiger partial charge in [0.05, 0.1) is 18.3 Å². The summed E-state index contributed by atoms with van der Waals surface area (Å²) in [6, 6.07) is 0. The first kappa shape index (κ1) is 20.8. The molecule has 4 aliphatic carbocycles. The Bertz CT molecular complexity index is 795. The van der Waals surface area contributed by atoms with Gasteiger partial charge in [-0.1, -0.05) is 44.6 Å². The van der Waals surface area contributed by atoms with Gasteiger partial charge in [0.15, 0.2) is 0 Å². The summed E-state index contributed by atoms with van der Waals surface area (Å²) in [6.45, 7) is 6.36. The number of allylic oxidation sites excluding steroid dienone is 1. The van der Waals surface area contributed by atoms with Crippen molar-refractivity contribution in [3.63, 3.8) is 0 Å². The van der Waals surface area contributed by atoms with Crippen LogP contribution in [0.4, 0.5) is 0 Å². The largest absolute Gasteiger partial charge is 0.481 e. The fourth-order valence-corrected chi connectivity index (χ4v) is 6.88. The van der Waals surface area contributed by atoms with E-state index in [2.05, 4.69) is 26.8 Å². The van der Waals surface area contributed by atoms with Gasteiger partial charge in [-0.2, -0.15) is 0 Å². The molecule has 29 heavy (non-hydrogen) atoms. The second kappa shape index (κ2) is 7.07. The molecule has 0 saturated heterocycles. The number of carbonyl (C=O) groups is 1. The Morgan fingerprint density at radius 1 is 1.24 bits per heavy atom. The van der Waals surface area contributed by atoms with Crippen LogP contribution in [-0.4, -0.2) is 44.7 Å². The fraction of sp³-hybridized carbons (Fsp3) is 0.708. The van der Waals surface area contributed by atoms with E-state index in [-0.39, 0.29) is 29.6 Å². The van der Waals surface area contributed by atoms with Gasteiger partial charge in [0.1, 0.15) is 0 Å². The maximum absolute atomic E-state index is 11.3. The standard InChI is InChI=1S/C24H34O5/c1-13(4-7-21(28)29)16-5-6-17-22-18(12-20(27)24(16,17)3)23(2)9-8-15(25)10-14(23)11-19(22)26/h8-9,12-16,19-20,25-27H,4-7,10-11H2,1-3H3,(H,28,29)/t13-,14+,15-,16?,19-,20+,23+,24-/m1/s1. The summed E-state index contributed by atoms with van der Waals surface area (Å²) in [4.78, 5) is 11.0. The lowest BCUT2D eigenvalue weighted by Gasteiger charge is -2.53. The normalized spacial score (nSPS) is 44.6. The van der Waals surface area contributed by atoms with Crippen molar-refractivity contribution in [2.75, 3.05) is 0 Å². The third kappa shape index (κ3) is 3.05. The van der Waals surface area contributed by atoms with Crippen LogP contribution in [-0.2, 0) is 4.79 Å². The molecule has 160 valence electrons. The molecule has 0 spiro atoms. The van der Waals surface area contributed by atoms with Crippen LogP contribution in [0, 0.1) is 28.6 Å². The number of carboxylic acids is 1. The highest BCUT2D eigenvalue weighted by Gasteiger charge is 2.56. The van der Waals surface area contributed by atoms with Crippen molar-refractivity contribution >= 4 is 5.97 Å². The van der Waals surface area contributed by atoms with E-state index >= 15 is 0 Å². The molecule has 5 heteroatoms. The molecular formula is C24H34O5. The third-order valence-corrected chi connectivity index (χ3v) is 8.64. The molecule has 0 bridgehead atoms. The minimum absolute atomic E-state index is 0.145. The molecule has 5 nitrogen and oxygen atoms in total. The molecule has 4 aliphatic rings. The summed E-state index contributed by atoms with van der Waals surface area (Å²) in [5.74, 6) is -0.250. The number of aliphatic carboxylic acids is 1. The lowest BCUT2D eigenvalue weighted by molar-refractivity contribution is -0.137. The van der Waals surface area contributed by atoms with Crippen LogP contribution in [0.25, 0.3) is 0 Å². The Labute approximate surface area is 172 Å². The highest BCUT2D eigenvalue weighted by molar-refractivity contribution is 5.66. The number of rotatable bonds is 4. The molecule has 4 rings (SSSR count). The van der Waals surface area contributed by atoms with Gasteiger partial charge in [0.25, 0.3) is 0 Å². The zero-order chi connectivity index (χ0) is 21.1. The molecule has 1 unspecified atom stereocenters. The van der Waals surface area contributed by atoms with Gasteiger partial charge in [-0.3, -0.25) is 4.79 Å². The topological polar surface area (TPSA) is 98.0 Å². The molecule has 2 saturated carbocycles. The number of hydrogen-bond donors (Lipinski definition) is 4. The maximum atomic E-state index is 11.3. The molecule has 0 aliphatic heterocycles. The van der Waals surface area contributed by atoms with E-state index in [4.69, 9.17) is 5.11 Å². The van der Waals surface area contributed by atoms with Crippen molar-refractivity contribution in [2.24, 2.45) is 28.6 Å². The van der Waals surface area contributed by atoms with Crippen molar-refractivity contribution in [2.45, 2.75) is 77.6 Å². The van der Waals surface area contributed by atoms with Crippen LogP contribution in [0.1, 0.15) is 59.3 Å². The van der Waals surface area contributed by atoms with Crippen molar-refractivity contribution in [3.8, 4) is 0 Å². The van der Waals surface area contributed by atoms with Crippen molar-refractivity contribution in [1.82, 2.24) is 0 Å². The monoisotopic (exact) mass is 402 g/mol. The Balaban J connectivity index is 1.74. The SMILES string of the molecule is C[C@H](CCC(=O)O)C1CCC2=C3C(=C[C@H](O)[C@@]21C)[C@@]1(C)C=C[C@@H](O)C[C@H]1C[C@H]3O. The molecular weight excluding hydrogens is 368 g/mol. The van der Waals surface area contributed by atoms with E-state index < -0.39 is 29.7 Å². The smallest absolute Gasteiger partial charge is 0.303 e. The second-order valence-electron chi connectivity index (χ2n) is 10.1. The number of aliphatic hydroxyl groups excluding tert-OH is 3. The van der Waals surface area contributed by atoms with E-state index in [9.17, 15) is 20.1 Å². The highest BCUT2D eigenvalue weighted by atomic mass is 16.4. The van der Waals surface area contributed by atoms with Gasteiger partial charge in [0, 0.05) is 17.3 Å². The highest BCUT2D eigenvalue weighted by Crippen LogP contribution is 2.63. The van der Waals surface area contributed by atoms with Gasteiger partial charge in [-0.25, -0.2) is 0 Å². The van der Waals surface area contributed by atoms with Crippen LogP contribution in [0.5, 0.6) is 0 Å². The first-order valence-corrected chi connectivity index (χ1v) is 11.0. The first-order valence-electron chi connectivity index (χ1n) is 11.0. The Morgan fingerprint density at radius 2 is 1.97 bits per heavy atom. The summed E-state index contributed by atoms with van der Waals surface area (Å²) >= 11 is 0. The lowest BCUT2D eigenvalue weighted by Crippen LogP contribution is -2.49. The number of hydrogen-bond acceptors (Lipinski definition) is 4. The second-order valence-corrected chi connectivity index (χ2v) is 10.1. The van der Waals surface area contributed by atoms with Gasteiger partial charge >= 0.3 is 5.97 Å². The quantitative estimate of drug-likeness (QED) is 0.542. The predicted octanol–water partition coefficient (Wildman–Crippen LogP) is 3.21. The van der Waals surface area contributed by atoms with Crippen LogP contribution in [0.2, 0.25) is 0 Å². The first-order chi connectivity index (χ1) is 13.6. The third-order valence-electron chi connectivity index (χ3n) is 8.64. The Morgan fingerprint density at radius 3 is 2.66 bits per heavy atom. The van der Waals surface area contributed by atoms with Gasteiger partial charge in [-0.15, -0.1) is 0 Å². The van der Waals surface area contributed by atoms with E-state index in [0.29, 0.717) is 19.3 Å². The van der Waals surface area contributed by atoms with E-state index in [1.165, 1.54) is 5.57 Å². The molecule has 0 aromatic carbocycles. The summed E-state index contributed by atoms with van der Waals surface area (Å²) < 4.78 is 0. The van der Waals surface area contributed by atoms with Crippen LogP contribution >= 0.6 is 0 Å². The lowest BCUT2D eigenvalue weighted by atomic mass is 9.53. The summed E-state index contributed by atoms with van der Waals surface area (Å²) in [6.07, 6.45) is 7.93. The Hall–Kier alpha value is -1.43. The minimum Gasteiger partial charge on any atom is -0.481 e. The molecule has 0 aromatic rings. The number of fused-ring (bicyclic) bond motifs is 4. The summed E-state index contributed by atoms with van der Waals surface area (Å²) in [7, 11) is 0. The zero-order valence-electron chi connectivity index (χ0n) is 17.6. The van der Waals surface area contributed by atoms with Crippen molar-refractivity contribution in [1.29, 1.82) is 0 Å². The molecule has 2 fully saturated rings. The zero-order valence-corrected chi connectivity index (χ0v) is 17.6. The molecule has 0 amide bonds. The molecule has 0 aromatic heterocycles. The van der Waals surface area contributed by atoms with E-state index in [0.717, 1.165) is 24.0 Å². The van der Waals surface area contributed by atoms with Gasteiger partial charge < -0.3 is 20.4 Å². The minimum atomic E-state index is -0.780. The number of aliphatic hydroxyl groups is 3. The number of carboxylic acid groups (broad SMARTS) is 1. The van der Waals surface area contributed by atoms with Crippen LogP contribution < -0.4 is 0 Å². The molecule has 8 atom stereocenters. The molecule has 0 heterocycles. The Kier molecular flexibility index (Phi) is 5.08. The predicted molar refractivity (Wildman–Crippen MR) is 110 cm³/mol. The van der Waals surface area contributed by atoms with E-state index in [1.54, 1.807) is 0 Å². The van der Waals surface area contributed by atoms with Crippen molar-refractivity contribution < 1.29 is 25.2 Å². The van der Waals surface area contributed by atoms with Gasteiger partial charge in [-0.05, 0) is 61.0 Å². The average Bonchev–Trinajstić information content (AvgIpc) is 3.01. The van der Waals surface area contributed by atoms with Crippen LogP contribution in [0.3, 0.4) is 0 Å².